The zero-order valence-corrected chi connectivity index (χ0v) is 15.3. The van der Waals surface area contributed by atoms with Crippen LogP contribution in [-0.2, 0) is 4.79 Å². The Morgan fingerprint density at radius 1 is 1.15 bits per heavy atom. The average molecular weight is 352 g/mol. The fourth-order valence-corrected chi connectivity index (χ4v) is 3.02. The number of benzene rings is 2. The second-order valence-corrected chi connectivity index (χ2v) is 6.45. The molecule has 3 aromatic rings. The molecule has 4 nitrogen and oxygen atoms in total. The number of hydrogen-bond donors (Lipinski definition) is 0. The molecule has 134 valence electrons. The summed E-state index contributed by atoms with van der Waals surface area (Å²) in [6.45, 7) is 7.08. The maximum atomic E-state index is 15.2. The van der Waals surface area contributed by atoms with Crippen LogP contribution in [0.2, 0.25) is 0 Å². The number of carbonyl (C=O) groups is 1. The van der Waals surface area contributed by atoms with Gasteiger partial charge in [0, 0.05) is 35.9 Å². The van der Waals surface area contributed by atoms with Crippen molar-refractivity contribution in [3.63, 3.8) is 0 Å². The molecule has 0 aliphatic rings. The van der Waals surface area contributed by atoms with Crippen molar-refractivity contribution in [2.45, 2.75) is 33.7 Å². The lowest BCUT2D eigenvalue weighted by Crippen LogP contribution is -2.09. The maximum absolute atomic E-state index is 15.2. The number of rotatable bonds is 4. The van der Waals surface area contributed by atoms with Gasteiger partial charge in [0.05, 0.1) is 5.69 Å². The summed E-state index contributed by atoms with van der Waals surface area (Å²) in [6, 6.07) is 13.0. The Morgan fingerprint density at radius 2 is 1.85 bits per heavy atom. The van der Waals surface area contributed by atoms with E-state index in [-0.39, 0.29) is 11.8 Å². The Kier molecular flexibility index (Phi) is 4.89. The summed E-state index contributed by atoms with van der Waals surface area (Å²) in [5, 5.41) is 4.36. The molecule has 0 atom stereocenters. The normalized spacial score (nSPS) is 11.0. The second kappa shape index (κ2) is 7.12. The summed E-state index contributed by atoms with van der Waals surface area (Å²) in [7, 11) is 0. The number of ether oxygens (including phenoxy) is 1. The summed E-state index contributed by atoms with van der Waals surface area (Å²) in [5.41, 5.74) is 3.31. The summed E-state index contributed by atoms with van der Waals surface area (Å²) in [4.78, 5) is 11.5. The molecule has 0 saturated carbocycles. The van der Waals surface area contributed by atoms with Crippen molar-refractivity contribution in [3.8, 4) is 28.1 Å². The van der Waals surface area contributed by atoms with Gasteiger partial charge in [-0.2, -0.15) is 5.10 Å². The molecule has 0 bridgehead atoms. The molecule has 1 heterocycles. The molecule has 0 radical (unpaired) electrons. The third-order valence-corrected chi connectivity index (χ3v) is 4.24. The number of carbonyl (C=O) groups excluding carboxylic acids is 1. The second-order valence-electron chi connectivity index (χ2n) is 6.45. The van der Waals surface area contributed by atoms with E-state index in [2.05, 4.69) is 5.10 Å². The van der Waals surface area contributed by atoms with E-state index < -0.39 is 11.8 Å². The lowest BCUT2D eigenvalue weighted by molar-refractivity contribution is -0.132. The summed E-state index contributed by atoms with van der Waals surface area (Å²) in [5.74, 6) is -1.13. The van der Waals surface area contributed by atoms with Crippen molar-refractivity contribution < 1.29 is 13.9 Å². The smallest absolute Gasteiger partial charge is 0.308 e. The third-order valence-electron chi connectivity index (χ3n) is 4.24. The van der Waals surface area contributed by atoms with Crippen LogP contribution in [-0.4, -0.2) is 15.7 Å². The topological polar surface area (TPSA) is 44.1 Å². The highest BCUT2D eigenvalue weighted by Gasteiger charge is 2.22. The van der Waals surface area contributed by atoms with Crippen molar-refractivity contribution in [2.75, 3.05) is 0 Å². The van der Waals surface area contributed by atoms with Crippen molar-refractivity contribution in [3.05, 3.63) is 60.0 Å². The van der Waals surface area contributed by atoms with E-state index in [9.17, 15) is 4.79 Å². The van der Waals surface area contributed by atoms with E-state index in [0.717, 1.165) is 16.8 Å². The van der Waals surface area contributed by atoms with Crippen LogP contribution in [0.25, 0.3) is 22.4 Å². The van der Waals surface area contributed by atoms with Gasteiger partial charge in [-0.3, -0.25) is 9.48 Å². The SMILES string of the molecule is CC(=O)Oc1c(C)c(-c2ccnn2C(C)C)cc(-c2ccccc2)c1F. The van der Waals surface area contributed by atoms with Gasteiger partial charge >= 0.3 is 5.97 Å². The quantitative estimate of drug-likeness (QED) is 0.480. The van der Waals surface area contributed by atoms with Gasteiger partial charge in [0.1, 0.15) is 0 Å². The molecule has 2 aromatic carbocycles. The van der Waals surface area contributed by atoms with Gasteiger partial charge in [-0.15, -0.1) is 0 Å². The highest BCUT2D eigenvalue weighted by molar-refractivity contribution is 5.80. The maximum Gasteiger partial charge on any atom is 0.308 e. The molecule has 0 saturated heterocycles. The first-order valence-corrected chi connectivity index (χ1v) is 8.51. The molecule has 0 amide bonds. The van der Waals surface area contributed by atoms with Crippen LogP contribution in [0.15, 0.2) is 48.7 Å². The van der Waals surface area contributed by atoms with E-state index in [1.54, 1.807) is 19.2 Å². The van der Waals surface area contributed by atoms with Crippen molar-refractivity contribution in [2.24, 2.45) is 0 Å². The van der Waals surface area contributed by atoms with Crippen LogP contribution in [0.4, 0.5) is 4.39 Å². The molecule has 0 aliphatic carbocycles. The molecule has 0 fully saturated rings. The Balaban J connectivity index is 2.31. The van der Waals surface area contributed by atoms with Gasteiger partial charge in [-0.1, -0.05) is 30.3 Å². The molecular formula is C21H21FN2O2. The monoisotopic (exact) mass is 352 g/mol. The molecule has 0 unspecified atom stereocenters. The van der Waals surface area contributed by atoms with Gasteiger partial charge < -0.3 is 4.74 Å². The van der Waals surface area contributed by atoms with Gasteiger partial charge in [0.15, 0.2) is 11.6 Å². The van der Waals surface area contributed by atoms with Gasteiger partial charge in [-0.05, 0) is 38.5 Å². The van der Waals surface area contributed by atoms with E-state index in [0.29, 0.717) is 11.1 Å². The molecule has 26 heavy (non-hydrogen) atoms. The van der Waals surface area contributed by atoms with Crippen LogP contribution in [0.3, 0.4) is 0 Å². The van der Waals surface area contributed by atoms with Crippen LogP contribution >= 0.6 is 0 Å². The molecule has 1 aromatic heterocycles. The van der Waals surface area contributed by atoms with Crippen LogP contribution in [0, 0.1) is 12.7 Å². The minimum Gasteiger partial charge on any atom is -0.423 e. The Hall–Kier alpha value is -2.95. The lowest BCUT2D eigenvalue weighted by atomic mass is 9.96. The zero-order chi connectivity index (χ0) is 18.8. The average Bonchev–Trinajstić information content (AvgIpc) is 3.09. The predicted molar refractivity (Wildman–Crippen MR) is 99.5 cm³/mol. The summed E-state index contributed by atoms with van der Waals surface area (Å²) >= 11 is 0. The number of esters is 1. The van der Waals surface area contributed by atoms with Gasteiger partial charge in [0.25, 0.3) is 0 Å². The van der Waals surface area contributed by atoms with Crippen molar-refractivity contribution in [1.82, 2.24) is 9.78 Å². The summed E-state index contributed by atoms with van der Waals surface area (Å²) in [6.07, 6.45) is 1.71. The lowest BCUT2D eigenvalue weighted by Gasteiger charge is -2.18. The molecule has 3 rings (SSSR count). The fourth-order valence-electron chi connectivity index (χ4n) is 3.02. The Morgan fingerprint density at radius 3 is 2.46 bits per heavy atom. The van der Waals surface area contributed by atoms with Crippen LogP contribution in [0.1, 0.15) is 32.4 Å². The first-order chi connectivity index (χ1) is 12.4. The van der Waals surface area contributed by atoms with Crippen molar-refractivity contribution >= 4 is 5.97 Å². The van der Waals surface area contributed by atoms with Gasteiger partial charge in [-0.25, -0.2) is 4.39 Å². The minimum absolute atomic E-state index is 0.0367. The van der Waals surface area contributed by atoms with E-state index in [4.69, 9.17) is 4.74 Å². The van der Waals surface area contributed by atoms with E-state index in [1.165, 1.54) is 6.92 Å². The largest absolute Gasteiger partial charge is 0.423 e. The Bertz CT molecular complexity index is 946. The number of aromatic nitrogens is 2. The standard InChI is InChI=1S/C21H21FN2O2/c1-13(2)24-19(10-11-23-24)17-12-18(16-8-6-5-7-9-16)20(22)21(14(17)3)26-15(4)25/h5-13H,1-4H3. The Labute approximate surface area is 152 Å². The van der Waals surface area contributed by atoms with Crippen LogP contribution < -0.4 is 4.74 Å². The number of hydrogen-bond acceptors (Lipinski definition) is 3. The summed E-state index contributed by atoms with van der Waals surface area (Å²) < 4.78 is 22.3. The molecule has 0 spiro atoms. The highest BCUT2D eigenvalue weighted by atomic mass is 19.1. The number of halogens is 1. The molecule has 0 N–H and O–H groups in total. The van der Waals surface area contributed by atoms with Gasteiger partial charge in [0.2, 0.25) is 0 Å². The van der Waals surface area contributed by atoms with Crippen molar-refractivity contribution in [1.29, 1.82) is 0 Å². The third kappa shape index (κ3) is 3.25. The molecule has 0 aliphatic heterocycles. The van der Waals surface area contributed by atoms with E-state index >= 15 is 4.39 Å². The first-order valence-electron chi connectivity index (χ1n) is 8.51. The molecule has 5 heteroatoms. The number of nitrogens with zero attached hydrogens (tertiary/aromatic N) is 2. The zero-order valence-electron chi connectivity index (χ0n) is 15.3. The fraction of sp³-hybridized carbons (Fsp3) is 0.238. The van der Waals surface area contributed by atoms with Crippen LogP contribution in [0.5, 0.6) is 5.75 Å². The highest BCUT2D eigenvalue weighted by Crippen LogP contribution is 2.39. The minimum atomic E-state index is -0.555. The first kappa shape index (κ1) is 17.9. The molecular weight excluding hydrogens is 331 g/mol. The predicted octanol–water partition coefficient (Wildman–Crippen LogP) is 5.17. The van der Waals surface area contributed by atoms with E-state index in [1.807, 2.05) is 54.9 Å².